The number of amides is 1. The van der Waals surface area contributed by atoms with Gasteiger partial charge in [0.2, 0.25) is 0 Å². The Bertz CT molecular complexity index is 394. The van der Waals surface area contributed by atoms with Crippen molar-refractivity contribution >= 4 is 5.91 Å². The third kappa shape index (κ3) is 2.07. The van der Waals surface area contributed by atoms with Crippen molar-refractivity contribution < 1.29 is 13.9 Å². The lowest BCUT2D eigenvalue weighted by molar-refractivity contribution is 0.00335. The lowest BCUT2D eigenvalue weighted by Gasteiger charge is -2.33. The van der Waals surface area contributed by atoms with Gasteiger partial charge in [-0.1, -0.05) is 12.1 Å². The molecule has 0 spiro atoms. The van der Waals surface area contributed by atoms with Crippen LogP contribution in [0.25, 0.3) is 0 Å². The number of benzene rings is 1. The van der Waals surface area contributed by atoms with Crippen molar-refractivity contribution in [3.05, 3.63) is 35.6 Å². The summed E-state index contributed by atoms with van der Waals surface area (Å²) in [6.45, 7) is 3.46. The Kier molecular flexibility index (Phi) is 3.19. The first-order valence-electron chi connectivity index (χ1n) is 5.33. The van der Waals surface area contributed by atoms with Crippen LogP contribution in [-0.2, 0) is 4.74 Å². The lowest BCUT2D eigenvalue weighted by atomic mass is 10.1. The Morgan fingerprint density at radius 1 is 1.50 bits per heavy atom. The third-order valence-corrected chi connectivity index (χ3v) is 2.73. The molecule has 3 nitrogen and oxygen atoms in total. The predicted octanol–water partition coefficient (Wildman–Crippen LogP) is 1.69. The Balaban J connectivity index is 2.21. The number of carbonyl (C=O) groups is 1. The van der Waals surface area contributed by atoms with E-state index in [9.17, 15) is 9.18 Å². The van der Waals surface area contributed by atoms with E-state index in [4.69, 9.17) is 4.74 Å². The second-order valence-electron chi connectivity index (χ2n) is 3.90. The summed E-state index contributed by atoms with van der Waals surface area (Å²) in [5.74, 6) is -0.722. The summed E-state index contributed by atoms with van der Waals surface area (Å²) in [4.78, 5) is 13.7. The number of rotatable bonds is 1. The standard InChI is InChI=1S/C12H14FNO2/c1-9-8-16-7-6-14(9)12(15)10-4-2-3-5-11(10)13/h2-5,9H,6-8H2,1H3. The number of ether oxygens (including phenoxy) is 1. The van der Waals surface area contributed by atoms with E-state index in [-0.39, 0.29) is 17.5 Å². The van der Waals surface area contributed by atoms with E-state index in [0.717, 1.165) is 0 Å². The van der Waals surface area contributed by atoms with Crippen molar-refractivity contribution in [2.75, 3.05) is 19.8 Å². The van der Waals surface area contributed by atoms with Crippen LogP contribution in [0.1, 0.15) is 17.3 Å². The molecule has 1 aromatic carbocycles. The molecule has 1 fully saturated rings. The number of nitrogens with zero attached hydrogens (tertiary/aromatic N) is 1. The highest BCUT2D eigenvalue weighted by molar-refractivity contribution is 5.94. The molecule has 1 aliphatic heterocycles. The second-order valence-corrected chi connectivity index (χ2v) is 3.90. The Morgan fingerprint density at radius 2 is 2.25 bits per heavy atom. The summed E-state index contributed by atoms with van der Waals surface area (Å²) in [6.07, 6.45) is 0. The van der Waals surface area contributed by atoms with Gasteiger partial charge in [-0.3, -0.25) is 4.79 Å². The van der Waals surface area contributed by atoms with Crippen LogP contribution in [0.5, 0.6) is 0 Å². The maximum absolute atomic E-state index is 13.4. The molecule has 0 aliphatic carbocycles. The van der Waals surface area contributed by atoms with Crippen LogP contribution >= 0.6 is 0 Å². The fourth-order valence-electron chi connectivity index (χ4n) is 1.82. The zero-order valence-corrected chi connectivity index (χ0v) is 9.15. The van der Waals surface area contributed by atoms with Crippen LogP contribution in [0.4, 0.5) is 4.39 Å². The smallest absolute Gasteiger partial charge is 0.257 e. The Labute approximate surface area is 93.8 Å². The van der Waals surface area contributed by atoms with E-state index in [1.165, 1.54) is 12.1 Å². The number of morpholine rings is 1. The van der Waals surface area contributed by atoms with Crippen molar-refractivity contribution in [2.45, 2.75) is 13.0 Å². The average Bonchev–Trinajstić information content (AvgIpc) is 2.29. The minimum absolute atomic E-state index is 0.000793. The first-order chi connectivity index (χ1) is 7.70. The van der Waals surface area contributed by atoms with Gasteiger partial charge in [0, 0.05) is 6.54 Å². The highest BCUT2D eigenvalue weighted by Crippen LogP contribution is 2.14. The van der Waals surface area contributed by atoms with Gasteiger partial charge in [-0.15, -0.1) is 0 Å². The molecule has 1 aliphatic rings. The summed E-state index contributed by atoms with van der Waals surface area (Å²) in [6, 6.07) is 6.06. The molecule has 1 unspecified atom stereocenters. The number of carbonyl (C=O) groups excluding carboxylic acids is 1. The summed E-state index contributed by atoms with van der Waals surface area (Å²) >= 11 is 0. The second kappa shape index (κ2) is 4.61. The summed E-state index contributed by atoms with van der Waals surface area (Å²) in [5, 5.41) is 0. The molecule has 0 N–H and O–H groups in total. The van der Waals surface area contributed by atoms with Crippen molar-refractivity contribution in [2.24, 2.45) is 0 Å². The van der Waals surface area contributed by atoms with Gasteiger partial charge in [-0.25, -0.2) is 4.39 Å². The first kappa shape index (κ1) is 11.1. The molecule has 0 aromatic heterocycles. The molecule has 1 heterocycles. The van der Waals surface area contributed by atoms with Crippen LogP contribution in [0.2, 0.25) is 0 Å². The summed E-state index contributed by atoms with van der Waals surface area (Å²) < 4.78 is 18.7. The van der Waals surface area contributed by atoms with Crippen molar-refractivity contribution in [1.29, 1.82) is 0 Å². The van der Waals surface area contributed by atoms with Crippen LogP contribution in [0.15, 0.2) is 24.3 Å². The third-order valence-electron chi connectivity index (χ3n) is 2.73. The molecule has 1 atom stereocenters. The normalized spacial score (nSPS) is 20.9. The van der Waals surface area contributed by atoms with E-state index in [1.54, 1.807) is 17.0 Å². The highest BCUT2D eigenvalue weighted by atomic mass is 19.1. The predicted molar refractivity (Wildman–Crippen MR) is 57.7 cm³/mol. The van der Waals surface area contributed by atoms with Crippen molar-refractivity contribution in [3.8, 4) is 0 Å². The van der Waals surface area contributed by atoms with Gasteiger partial charge in [-0.05, 0) is 19.1 Å². The quantitative estimate of drug-likeness (QED) is 0.725. The fourth-order valence-corrected chi connectivity index (χ4v) is 1.82. The maximum atomic E-state index is 13.4. The number of hydrogen-bond donors (Lipinski definition) is 0. The molecular formula is C12H14FNO2. The topological polar surface area (TPSA) is 29.5 Å². The van der Waals surface area contributed by atoms with Gasteiger partial charge in [0.25, 0.3) is 5.91 Å². The van der Waals surface area contributed by atoms with E-state index in [2.05, 4.69) is 0 Å². The van der Waals surface area contributed by atoms with Gasteiger partial charge in [0.05, 0.1) is 24.8 Å². The zero-order valence-electron chi connectivity index (χ0n) is 9.15. The first-order valence-corrected chi connectivity index (χ1v) is 5.33. The Morgan fingerprint density at radius 3 is 2.94 bits per heavy atom. The monoisotopic (exact) mass is 223 g/mol. The molecule has 4 heteroatoms. The highest BCUT2D eigenvalue weighted by Gasteiger charge is 2.26. The van der Waals surface area contributed by atoms with Crippen LogP contribution in [-0.4, -0.2) is 36.6 Å². The van der Waals surface area contributed by atoms with E-state index in [0.29, 0.717) is 19.8 Å². The number of halogens is 1. The average molecular weight is 223 g/mol. The van der Waals surface area contributed by atoms with Crippen molar-refractivity contribution in [1.82, 2.24) is 4.90 Å². The van der Waals surface area contributed by atoms with Gasteiger partial charge in [0.15, 0.2) is 0 Å². The van der Waals surface area contributed by atoms with Gasteiger partial charge < -0.3 is 9.64 Å². The Hall–Kier alpha value is -1.42. The molecular weight excluding hydrogens is 209 g/mol. The molecule has 1 aromatic rings. The van der Waals surface area contributed by atoms with Crippen LogP contribution in [0.3, 0.4) is 0 Å². The molecule has 0 bridgehead atoms. The number of hydrogen-bond acceptors (Lipinski definition) is 2. The zero-order chi connectivity index (χ0) is 11.5. The molecule has 2 rings (SSSR count). The SMILES string of the molecule is CC1COCCN1C(=O)c1ccccc1F. The molecule has 0 radical (unpaired) electrons. The van der Waals surface area contributed by atoms with E-state index >= 15 is 0 Å². The minimum Gasteiger partial charge on any atom is -0.377 e. The molecule has 1 saturated heterocycles. The summed E-state index contributed by atoms with van der Waals surface area (Å²) in [7, 11) is 0. The van der Waals surface area contributed by atoms with Crippen LogP contribution in [0, 0.1) is 5.82 Å². The molecule has 0 saturated carbocycles. The van der Waals surface area contributed by atoms with E-state index in [1.807, 2.05) is 6.92 Å². The summed E-state index contributed by atoms with van der Waals surface area (Å²) in [5.41, 5.74) is 0.135. The molecule has 16 heavy (non-hydrogen) atoms. The van der Waals surface area contributed by atoms with E-state index < -0.39 is 5.82 Å². The van der Waals surface area contributed by atoms with Crippen LogP contribution < -0.4 is 0 Å². The molecule has 1 amide bonds. The molecule has 86 valence electrons. The minimum atomic E-state index is -0.466. The maximum Gasteiger partial charge on any atom is 0.257 e. The fraction of sp³-hybridized carbons (Fsp3) is 0.417. The van der Waals surface area contributed by atoms with Crippen molar-refractivity contribution in [3.63, 3.8) is 0 Å². The van der Waals surface area contributed by atoms with Gasteiger partial charge in [-0.2, -0.15) is 0 Å². The van der Waals surface area contributed by atoms with Gasteiger partial charge in [0.1, 0.15) is 5.82 Å². The lowest BCUT2D eigenvalue weighted by Crippen LogP contribution is -2.47. The van der Waals surface area contributed by atoms with Gasteiger partial charge >= 0.3 is 0 Å². The largest absolute Gasteiger partial charge is 0.377 e.